The van der Waals surface area contributed by atoms with Crippen molar-refractivity contribution in [3.05, 3.63) is 58.7 Å². The molecule has 0 aliphatic heterocycles. The van der Waals surface area contributed by atoms with E-state index >= 15 is 0 Å². The van der Waals surface area contributed by atoms with E-state index in [0.29, 0.717) is 12.8 Å². The van der Waals surface area contributed by atoms with Crippen LogP contribution < -0.4 is 10.6 Å². The second-order valence-corrected chi connectivity index (χ2v) is 14.1. The minimum absolute atomic E-state index is 0.119. The lowest BCUT2D eigenvalue weighted by Crippen LogP contribution is -2.12. The summed E-state index contributed by atoms with van der Waals surface area (Å²) in [5.41, 5.74) is 6.45. The molecule has 0 aliphatic rings. The molecule has 0 fully saturated rings. The zero-order valence-electron chi connectivity index (χ0n) is 31.0. The average Bonchev–Trinajstić information content (AvgIpc) is 3.05. The molecule has 2 aromatic rings. The molecule has 2 N–H and O–H groups in total. The maximum absolute atomic E-state index is 12.6. The zero-order chi connectivity index (χ0) is 34.0. The molecule has 0 unspecified atom stereocenters. The number of nitrogens with one attached hydrogen (secondary N) is 2. The third-order valence-electron chi connectivity index (χ3n) is 9.55. The van der Waals surface area contributed by atoms with E-state index in [1.165, 1.54) is 127 Å². The average molecular weight is 647 g/mol. The molecule has 0 aromatic heterocycles. The van der Waals surface area contributed by atoms with Crippen molar-refractivity contribution >= 4 is 23.2 Å². The van der Waals surface area contributed by atoms with Crippen LogP contribution in [0, 0.1) is 13.8 Å². The van der Waals surface area contributed by atoms with Crippen LogP contribution in [0.1, 0.15) is 190 Å². The Balaban J connectivity index is 1.62. The number of anilines is 2. The number of unbranched alkanes of at least 4 members (excludes halogenated alkanes) is 20. The topological polar surface area (TPSA) is 58.2 Å². The van der Waals surface area contributed by atoms with Crippen LogP contribution in [-0.2, 0) is 16.0 Å². The number of carbonyl (C=O) groups is 2. The quantitative estimate of drug-likeness (QED) is 0.0904. The fourth-order valence-corrected chi connectivity index (χ4v) is 6.51. The number of rotatable bonds is 28. The maximum Gasteiger partial charge on any atom is 0.224 e. The van der Waals surface area contributed by atoms with Gasteiger partial charge in [-0.05, 0) is 67.5 Å². The molecule has 0 aliphatic carbocycles. The van der Waals surface area contributed by atoms with Crippen molar-refractivity contribution < 1.29 is 9.59 Å². The number of amides is 2. The van der Waals surface area contributed by atoms with Crippen molar-refractivity contribution in [3.8, 4) is 0 Å². The molecule has 0 saturated heterocycles. The van der Waals surface area contributed by atoms with Crippen LogP contribution in [0.2, 0.25) is 0 Å². The molecule has 2 amide bonds. The monoisotopic (exact) mass is 647 g/mol. The molecule has 2 rings (SSSR count). The summed E-state index contributed by atoms with van der Waals surface area (Å²) < 4.78 is 0. The lowest BCUT2D eigenvalue weighted by molar-refractivity contribution is -0.117. The van der Waals surface area contributed by atoms with E-state index in [4.69, 9.17) is 0 Å². The summed E-state index contributed by atoms with van der Waals surface area (Å²) in [5.74, 6) is 0.238. The molecular formula is C43H70N2O2. The van der Waals surface area contributed by atoms with Gasteiger partial charge in [0.2, 0.25) is 11.8 Å². The number of hydrogen-bond donors (Lipinski definition) is 2. The Labute approximate surface area is 289 Å². The number of aryl methyl sites for hydroxylation is 2. The third kappa shape index (κ3) is 19.7. The second-order valence-electron chi connectivity index (χ2n) is 14.1. The molecule has 0 saturated carbocycles. The minimum Gasteiger partial charge on any atom is -0.326 e. The van der Waals surface area contributed by atoms with Gasteiger partial charge in [0.05, 0.1) is 0 Å². The lowest BCUT2D eigenvalue weighted by atomic mass is 10.00. The summed E-state index contributed by atoms with van der Waals surface area (Å²) >= 11 is 0. The van der Waals surface area contributed by atoms with Crippen molar-refractivity contribution in [2.24, 2.45) is 0 Å². The predicted molar refractivity (Wildman–Crippen MR) is 205 cm³/mol. The van der Waals surface area contributed by atoms with Crippen molar-refractivity contribution in [1.29, 1.82) is 0 Å². The van der Waals surface area contributed by atoms with Gasteiger partial charge in [-0.15, -0.1) is 0 Å². The molecule has 0 bridgehead atoms. The predicted octanol–water partition coefficient (Wildman–Crippen LogP) is 13.2. The Hall–Kier alpha value is -2.62. The van der Waals surface area contributed by atoms with Gasteiger partial charge in [-0.3, -0.25) is 9.59 Å². The minimum atomic E-state index is 0.119. The second kappa shape index (κ2) is 26.3. The van der Waals surface area contributed by atoms with Gasteiger partial charge in [0.15, 0.2) is 0 Å². The van der Waals surface area contributed by atoms with Crippen LogP contribution in [0.15, 0.2) is 36.4 Å². The lowest BCUT2D eigenvalue weighted by Gasteiger charge is -2.13. The molecule has 4 heteroatoms. The summed E-state index contributed by atoms with van der Waals surface area (Å²) in [6.45, 7) is 8.68. The highest BCUT2D eigenvalue weighted by atomic mass is 16.2. The van der Waals surface area contributed by atoms with Crippen molar-refractivity contribution in [2.45, 2.75) is 188 Å². The fraction of sp³-hybridized carbons (Fsp3) is 0.674. The van der Waals surface area contributed by atoms with E-state index in [1.54, 1.807) is 0 Å². The fourth-order valence-electron chi connectivity index (χ4n) is 6.51. The van der Waals surface area contributed by atoms with Crippen LogP contribution in [0.5, 0.6) is 0 Å². The molecule has 0 radical (unpaired) electrons. The van der Waals surface area contributed by atoms with Crippen molar-refractivity contribution in [1.82, 2.24) is 0 Å². The SMILES string of the molecule is CCCCCCCCCCCCCC(=O)Nc1ccc(Cc2ccc(NC(=O)CCCCCCCCCCCCC)c(C)c2)cc1C. The summed E-state index contributed by atoms with van der Waals surface area (Å²) in [6, 6.07) is 12.7. The summed E-state index contributed by atoms with van der Waals surface area (Å²) in [4.78, 5) is 25.1. The van der Waals surface area contributed by atoms with Crippen LogP contribution in [0.3, 0.4) is 0 Å². The molecule has 0 atom stereocenters. The molecule has 0 heterocycles. The van der Waals surface area contributed by atoms with Crippen molar-refractivity contribution in [3.63, 3.8) is 0 Å². The van der Waals surface area contributed by atoms with Gasteiger partial charge in [0.25, 0.3) is 0 Å². The highest BCUT2D eigenvalue weighted by Crippen LogP contribution is 2.23. The molecule has 0 spiro atoms. The highest BCUT2D eigenvalue weighted by Gasteiger charge is 2.09. The Morgan fingerprint density at radius 2 is 0.745 bits per heavy atom. The molecule has 2 aromatic carbocycles. The number of hydrogen-bond acceptors (Lipinski definition) is 2. The van der Waals surface area contributed by atoms with Gasteiger partial charge >= 0.3 is 0 Å². The first-order valence-corrected chi connectivity index (χ1v) is 19.7. The smallest absolute Gasteiger partial charge is 0.224 e. The number of carbonyl (C=O) groups excluding carboxylic acids is 2. The molecule has 264 valence electrons. The summed E-state index contributed by atoms with van der Waals surface area (Å²) in [6.07, 6.45) is 30.4. The largest absolute Gasteiger partial charge is 0.326 e. The summed E-state index contributed by atoms with van der Waals surface area (Å²) in [7, 11) is 0. The molecular weight excluding hydrogens is 576 g/mol. The van der Waals surface area contributed by atoms with Gasteiger partial charge in [-0.1, -0.05) is 167 Å². The zero-order valence-corrected chi connectivity index (χ0v) is 31.0. The highest BCUT2D eigenvalue weighted by molar-refractivity contribution is 5.92. The van der Waals surface area contributed by atoms with Crippen LogP contribution >= 0.6 is 0 Å². The Bertz CT molecular complexity index is 1040. The van der Waals surface area contributed by atoms with E-state index in [2.05, 4.69) is 62.6 Å². The van der Waals surface area contributed by atoms with E-state index in [9.17, 15) is 9.59 Å². The van der Waals surface area contributed by atoms with Gasteiger partial charge < -0.3 is 10.6 Å². The summed E-state index contributed by atoms with van der Waals surface area (Å²) in [5, 5.41) is 6.26. The van der Waals surface area contributed by atoms with Gasteiger partial charge in [0.1, 0.15) is 0 Å². The Morgan fingerprint density at radius 1 is 0.447 bits per heavy atom. The Morgan fingerprint density at radius 3 is 1.04 bits per heavy atom. The standard InChI is InChI=1S/C43H70N2O2/c1-5-7-9-11-13-15-17-19-21-23-25-27-42(46)44-40-31-29-38(33-36(40)3)35-39-30-32-41(37(4)34-39)45-43(47)28-26-24-22-20-18-16-14-12-10-8-6-2/h29-34H,5-28,35H2,1-4H3,(H,44,46)(H,45,47). The van der Waals surface area contributed by atoms with Crippen LogP contribution in [-0.4, -0.2) is 11.8 Å². The van der Waals surface area contributed by atoms with Gasteiger partial charge in [0, 0.05) is 24.2 Å². The normalized spacial score (nSPS) is 11.1. The maximum atomic E-state index is 12.6. The van der Waals surface area contributed by atoms with E-state index < -0.39 is 0 Å². The van der Waals surface area contributed by atoms with E-state index in [1.807, 2.05) is 12.1 Å². The van der Waals surface area contributed by atoms with Crippen molar-refractivity contribution in [2.75, 3.05) is 10.6 Å². The first-order valence-electron chi connectivity index (χ1n) is 19.7. The third-order valence-corrected chi connectivity index (χ3v) is 9.55. The van der Waals surface area contributed by atoms with E-state index in [0.717, 1.165) is 54.6 Å². The van der Waals surface area contributed by atoms with E-state index in [-0.39, 0.29) is 11.8 Å². The van der Waals surface area contributed by atoms with Crippen LogP contribution in [0.4, 0.5) is 11.4 Å². The van der Waals surface area contributed by atoms with Gasteiger partial charge in [-0.25, -0.2) is 0 Å². The molecule has 47 heavy (non-hydrogen) atoms. The number of benzene rings is 2. The van der Waals surface area contributed by atoms with Crippen LogP contribution in [0.25, 0.3) is 0 Å². The first-order chi connectivity index (χ1) is 22.9. The van der Waals surface area contributed by atoms with Gasteiger partial charge in [-0.2, -0.15) is 0 Å². The Kier molecular flexibility index (Phi) is 22.7. The first kappa shape index (κ1) is 40.6. The molecule has 4 nitrogen and oxygen atoms in total.